The second-order valence-electron chi connectivity index (χ2n) is 5.59. The molecule has 26 heavy (non-hydrogen) atoms. The van der Waals surface area contributed by atoms with Crippen LogP contribution in [0, 0.1) is 25.5 Å². The number of benzene rings is 2. The van der Waals surface area contributed by atoms with Crippen LogP contribution in [-0.4, -0.2) is 27.8 Å². The van der Waals surface area contributed by atoms with Gasteiger partial charge in [0.15, 0.2) is 17.4 Å². The number of amides is 1. The Balaban J connectivity index is 1.81. The smallest absolute Gasteiger partial charge is 0.255 e. The number of aryl methyl sites for hydroxylation is 2. The summed E-state index contributed by atoms with van der Waals surface area (Å²) in [6.45, 7) is 3.61. The van der Waals surface area contributed by atoms with Gasteiger partial charge in [-0.2, -0.15) is 5.10 Å². The zero-order valence-electron chi connectivity index (χ0n) is 14.4. The molecule has 0 atom stereocenters. The van der Waals surface area contributed by atoms with Crippen molar-refractivity contribution in [3.63, 3.8) is 0 Å². The molecule has 6 nitrogen and oxygen atoms in total. The van der Waals surface area contributed by atoms with Gasteiger partial charge in [0.25, 0.3) is 5.91 Å². The number of nitrogens with zero attached hydrogens (tertiary/aromatic N) is 3. The third-order valence-electron chi connectivity index (χ3n) is 3.74. The van der Waals surface area contributed by atoms with Gasteiger partial charge in [0.1, 0.15) is 11.6 Å². The highest BCUT2D eigenvalue weighted by atomic mass is 19.1. The van der Waals surface area contributed by atoms with Crippen LogP contribution in [-0.2, 0) is 0 Å². The van der Waals surface area contributed by atoms with E-state index >= 15 is 0 Å². The normalized spacial score (nSPS) is 10.7. The summed E-state index contributed by atoms with van der Waals surface area (Å²) in [5.41, 5.74) is 0.764. The van der Waals surface area contributed by atoms with Gasteiger partial charge in [-0.05, 0) is 38.1 Å². The van der Waals surface area contributed by atoms with Crippen LogP contribution in [0.3, 0.4) is 0 Å². The molecule has 3 rings (SSSR count). The second-order valence-corrected chi connectivity index (χ2v) is 5.59. The summed E-state index contributed by atoms with van der Waals surface area (Å²) in [4.78, 5) is 16.5. The molecule has 1 heterocycles. The number of anilines is 1. The van der Waals surface area contributed by atoms with E-state index in [2.05, 4.69) is 15.4 Å². The van der Waals surface area contributed by atoms with Crippen molar-refractivity contribution in [1.29, 1.82) is 0 Å². The van der Waals surface area contributed by atoms with Gasteiger partial charge >= 0.3 is 0 Å². The largest absolute Gasteiger partial charge is 0.494 e. The van der Waals surface area contributed by atoms with Gasteiger partial charge < -0.3 is 10.1 Å². The van der Waals surface area contributed by atoms with Crippen molar-refractivity contribution in [1.82, 2.24) is 14.8 Å². The van der Waals surface area contributed by atoms with E-state index in [0.29, 0.717) is 11.4 Å². The van der Waals surface area contributed by atoms with Crippen LogP contribution in [0.5, 0.6) is 5.75 Å². The maximum absolute atomic E-state index is 13.9. The summed E-state index contributed by atoms with van der Waals surface area (Å²) in [7, 11) is 1.23. The van der Waals surface area contributed by atoms with E-state index in [4.69, 9.17) is 4.74 Å². The Kier molecular flexibility index (Phi) is 4.66. The quantitative estimate of drug-likeness (QED) is 0.776. The number of carbonyl (C=O) groups excluding carboxylic acids is 1. The summed E-state index contributed by atoms with van der Waals surface area (Å²) in [5, 5.41) is 6.61. The molecule has 1 aromatic heterocycles. The highest BCUT2D eigenvalue weighted by molar-refractivity contribution is 6.04. The number of halogens is 2. The van der Waals surface area contributed by atoms with E-state index < -0.39 is 17.5 Å². The highest BCUT2D eigenvalue weighted by Gasteiger charge is 2.14. The zero-order chi connectivity index (χ0) is 18.8. The zero-order valence-corrected chi connectivity index (χ0v) is 14.4. The van der Waals surface area contributed by atoms with E-state index in [1.807, 2.05) is 6.92 Å². The Bertz CT molecular complexity index is 968. The van der Waals surface area contributed by atoms with E-state index in [0.717, 1.165) is 23.6 Å². The summed E-state index contributed by atoms with van der Waals surface area (Å²) >= 11 is 0. The lowest BCUT2D eigenvalue weighted by atomic mass is 10.2. The number of nitrogens with one attached hydrogen (secondary N) is 1. The molecule has 0 aliphatic rings. The molecule has 1 N–H and O–H groups in total. The first-order valence-corrected chi connectivity index (χ1v) is 7.74. The van der Waals surface area contributed by atoms with Gasteiger partial charge in [-0.15, -0.1) is 0 Å². The molecule has 0 aliphatic heterocycles. The second kappa shape index (κ2) is 6.91. The summed E-state index contributed by atoms with van der Waals surface area (Å²) in [5.74, 6) is -0.995. The molecule has 0 saturated heterocycles. The van der Waals surface area contributed by atoms with Crippen molar-refractivity contribution in [2.75, 3.05) is 12.4 Å². The first kappa shape index (κ1) is 17.5. The van der Waals surface area contributed by atoms with Gasteiger partial charge in [-0.3, -0.25) is 4.79 Å². The lowest BCUT2D eigenvalue weighted by molar-refractivity contribution is 0.102. The molecule has 134 valence electrons. The molecule has 0 spiro atoms. The average Bonchev–Trinajstić information content (AvgIpc) is 2.96. The maximum atomic E-state index is 13.9. The van der Waals surface area contributed by atoms with Crippen LogP contribution in [0.1, 0.15) is 22.0 Å². The number of rotatable bonds is 4. The Labute approximate surface area is 148 Å². The van der Waals surface area contributed by atoms with Crippen LogP contribution in [0.25, 0.3) is 5.69 Å². The predicted octanol–water partition coefficient (Wildman–Crippen LogP) is 3.42. The van der Waals surface area contributed by atoms with Crippen LogP contribution >= 0.6 is 0 Å². The maximum Gasteiger partial charge on any atom is 0.255 e. The molecule has 3 aromatic rings. The minimum absolute atomic E-state index is 0.233. The number of ether oxygens (including phenoxy) is 1. The molecule has 8 heteroatoms. The van der Waals surface area contributed by atoms with Crippen molar-refractivity contribution in [2.24, 2.45) is 0 Å². The topological polar surface area (TPSA) is 69.0 Å². The standard InChI is InChI=1S/C18H16F2N4O2/c1-10-21-11(2)24(23-10)13-6-4-12(5-7-13)18(25)22-16-8-15(20)17(26-3)9-14(16)19/h4-9H,1-3H3,(H,22,25). The summed E-state index contributed by atoms with van der Waals surface area (Å²) in [6.07, 6.45) is 0. The van der Waals surface area contributed by atoms with Crippen LogP contribution in [0.15, 0.2) is 36.4 Å². The lowest BCUT2D eigenvalue weighted by Gasteiger charge is -2.09. The van der Waals surface area contributed by atoms with E-state index in [-0.39, 0.29) is 11.4 Å². The molecule has 0 radical (unpaired) electrons. The van der Waals surface area contributed by atoms with Gasteiger partial charge in [-0.1, -0.05) is 0 Å². The molecule has 2 aromatic carbocycles. The molecule has 0 aliphatic carbocycles. The van der Waals surface area contributed by atoms with E-state index in [1.165, 1.54) is 7.11 Å². The van der Waals surface area contributed by atoms with E-state index in [9.17, 15) is 13.6 Å². The lowest BCUT2D eigenvalue weighted by Crippen LogP contribution is -2.13. The molecular formula is C18H16F2N4O2. The fraction of sp³-hybridized carbons (Fsp3) is 0.167. The van der Waals surface area contributed by atoms with E-state index in [1.54, 1.807) is 35.9 Å². The number of carbonyl (C=O) groups is 1. The van der Waals surface area contributed by atoms with Crippen LogP contribution in [0.4, 0.5) is 14.5 Å². The first-order valence-electron chi connectivity index (χ1n) is 7.74. The van der Waals surface area contributed by atoms with Crippen molar-refractivity contribution in [2.45, 2.75) is 13.8 Å². The molecular weight excluding hydrogens is 342 g/mol. The van der Waals surface area contributed by atoms with Crippen molar-refractivity contribution < 1.29 is 18.3 Å². The van der Waals surface area contributed by atoms with Crippen molar-refractivity contribution in [3.05, 3.63) is 65.2 Å². The Hall–Kier alpha value is -3.29. The third kappa shape index (κ3) is 3.39. The minimum atomic E-state index is -0.790. The number of aromatic nitrogens is 3. The average molecular weight is 358 g/mol. The molecule has 0 saturated carbocycles. The number of hydrogen-bond donors (Lipinski definition) is 1. The fourth-order valence-corrected chi connectivity index (χ4v) is 2.49. The summed E-state index contributed by atoms with van der Waals surface area (Å²) < 4.78 is 34.0. The fourth-order valence-electron chi connectivity index (χ4n) is 2.49. The van der Waals surface area contributed by atoms with Crippen molar-refractivity contribution in [3.8, 4) is 11.4 Å². The molecule has 0 unspecified atom stereocenters. The van der Waals surface area contributed by atoms with Gasteiger partial charge in [-0.25, -0.2) is 18.4 Å². The first-order chi connectivity index (χ1) is 12.4. The van der Waals surface area contributed by atoms with Crippen LogP contribution < -0.4 is 10.1 Å². The Morgan fingerprint density at radius 3 is 2.38 bits per heavy atom. The Morgan fingerprint density at radius 2 is 1.81 bits per heavy atom. The monoisotopic (exact) mass is 358 g/mol. The summed E-state index contributed by atoms with van der Waals surface area (Å²) in [6, 6.07) is 8.28. The minimum Gasteiger partial charge on any atom is -0.494 e. The van der Waals surface area contributed by atoms with Gasteiger partial charge in [0.05, 0.1) is 18.5 Å². The SMILES string of the molecule is COc1cc(F)c(NC(=O)c2ccc(-n3nc(C)nc3C)cc2)cc1F. The van der Waals surface area contributed by atoms with Crippen molar-refractivity contribution >= 4 is 11.6 Å². The van der Waals surface area contributed by atoms with Gasteiger partial charge in [0, 0.05) is 17.7 Å². The van der Waals surface area contributed by atoms with Crippen LogP contribution in [0.2, 0.25) is 0 Å². The number of methoxy groups -OCH3 is 1. The predicted molar refractivity (Wildman–Crippen MR) is 91.7 cm³/mol. The molecule has 1 amide bonds. The highest BCUT2D eigenvalue weighted by Crippen LogP contribution is 2.25. The third-order valence-corrected chi connectivity index (χ3v) is 3.74. The van der Waals surface area contributed by atoms with Gasteiger partial charge in [0.2, 0.25) is 0 Å². The molecule has 0 bridgehead atoms. The number of hydrogen-bond acceptors (Lipinski definition) is 4. The molecule has 0 fully saturated rings. The Morgan fingerprint density at radius 1 is 1.12 bits per heavy atom.